The number of rotatable bonds is 6. The van der Waals surface area contributed by atoms with Gasteiger partial charge >= 0.3 is 0 Å². The van der Waals surface area contributed by atoms with Crippen molar-refractivity contribution in [3.8, 4) is 0 Å². The Hall–Kier alpha value is -1.83. The summed E-state index contributed by atoms with van der Waals surface area (Å²) in [4.78, 5) is 12.8. The van der Waals surface area contributed by atoms with Crippen molar-refractivity contribution < 1.29 is 9.90 Å². The Labute approximate surface area is 142 Å². The van der Waals surface area contributed by atoms with Crippen LogP contribution in [0.25, 0.3) is 10.1 Å². The van der Waals surface area contributed by atoms with E-state index < -0.39 is 6.10 Å². The number of carbonyl (C=O) groups excluding carboxylic acids is 1. The van der Waals surface area contributed by atoms with Crippen LogP contribution in [0.5, 0.6) is 0 Å². The minimum absolute atomic E-state index is 0.170. The number of amides is 1. The van der Waals surface area contributed by atoms with Crippen molar-refractivity contribution in [3.05, 3.63) is 45.8 Å². The summed E-state index contributed by atoms with van der Waals surface area (Å²) in [6.07, 6.45) is 0.914. The molecule has 0 radical (unpaired) electrons. The number of benzene rings is 1. The standard InChI is InChI=1S/C16H17N3O2S2/c1-2-5-12-15(23-19-18-12)16(21)17-8-13(20)11-9-22-14-7-4-3-6-10(11)14/h3-4,6-7,9,13,20H,2,5,8H2,1H3,(H,17,21)/t13-/m0/s1. The minimum Gasteiger partial charge on any atom is -0.387 e. The number of hydrogen-bond donors (Lipinski definition) is 2. The maximum absolute atomic E-state index is 12.2. The Morgan fingerprint density at radius 2 is 2.22 bits per heavy atom. The van der Waals surface area contributed by atoms with Crippen molar-refractivity contribution in [1.82, 2.24) is 14.9 Å². The van der Waals surface area contributed by atoms with Crippen molar-refractivity contribution in [2.45, 2.75) is 25.9 Å². The predicted octanol–water partition coefficient (Wildman–Crippen LogP) is 3.17. The molecule has 7 heteroatoms. The van der Waals surface area contributed by atoms with E-state index in [1.165, 1.54) is 0 Å². The Morgan fingerprint density at radius 3 is 3.04 bits per heavy atom. The molecular formula is C16H17N3O2S2. The van der Waals surface area contributed by atoms with Gasteiger partial charge in [-0.05, 0) is 34.8 Å². The molecule has 0 spiro atoms. The first kappa shape index (κ1) is 16.0. The molecule has 0 bridgehead atoms. The summed E-state index contributed by atoms with van der Waals surface area (Å²) in [6, 6.07) is 7.93. The molecule has 2 aromatic heterocycles. The van der Waals surface area contributed by atoms with Crippen LogP contribution in [0.15, 0.2) is 29.6 Å². The summed E-state index contributed by atoms with van der Waals surface area (Å²) in [6.45, 7) is 2.20. The molecule has 0 aliphatic heterocycles. The molecule has 1 amide bonds. The van der Waals surface area contributed by atoms with Crippen LogP contribution in [0.3, 0.4) is 0 Å². The number of nitrogens with zero attached hydrogens (tertiary/aromatic N) is 2. The van der Waals surface area contributed by atoms with E-state index in [1.54, 1.807) is 11.3 Å². The lowest BCUT2D eigenvalue weighted by Gasteiger charge is -2.11. The summed E-state index contributed by atoms with van der Waals surface area (Å²) >= 11 is 2.69. The quantitative estimate of drug-likeness (QED) is 0.718. The molecule has 1 aromatic carbocycles. The Balaban J connectivity index is 1.68. The Bertz CT molecular complexity index is 812. The minimum atomic E-state index is -0.731. The van der Waals surface area contributed by atoms with Gasteiger partial charge in [0.2, 0.25) is 0 Å². The predicted molar refractivity (Wildman–Crippen MR) is 93.0 cm³/mol. The highest BCUT2D eigenvalue weighted by Gasteiger charge is 2.18. The number of aliphatic hydroxyl groups excluding tert-OH is 1. The van der Waals surface area contributed by atoms with E-state index in [4.69, 9.17) is 0 Å². The third-order valence-corrected chi connectivity index (χ3v) is 5.32. The van der Waals surface area contributed by atoms with Gasteiger partial charge < -0.3 is 10.4 Å². The van der Waals surface area contributed by atoms with Crippen LogP contribution >= 0.6 is 22.9 Å². The largest absolute Gasteiger partial charge is 0.387 e. The second-order valence-corrected chi connectivity index (χ2v) is 6.88. The SMILES string of the molecule is CCCc1nnsc1C(=O)NC[C@H](O)c1csc2ccccc12. The maximum Gasteiger partial charge on any atom is 0.265 e. The average Bonchev–Trinajstić information content (AvgIpc) is 3.19. The summed E-state index contributed by atoms with van der Waals surface area (Å²) in [5.41, 5.74) is 1.58. The van der Waals surface area contributed by atoms with Crippen LogP contribution in [0, 0.1) is 0 Å². The van der Waals surface area contributed by atoms with Crippen molar-refractivity contribution in [3.63, 3.8) is 0 Å². The molecule has 1 atom stereocenters. The third-order valence-electron chi connectivity index (χ3n) is 3.57. The number of aromatic nitrogens is 2. The molecule has 0 unspecified atom stereocenters. The molecule has 0 fully saturated rings. The average molecular weight is 347 g/mol. The first-order chi connectivity index (χ1) is 11.2. The molecule has 2 heterocycles. The van der Waals surface area contributed by atoms with Gasteiger partial charge in [0.05, 0.1) is 11.8 Å². The molecule has 3 rings (SSSR count). The number of nitrogens with one attached hydrogen (secondary N) is 1. The van der Waals surface area contributed by atoms with Crippen molar-refractivity contribution in [1.29, 1.82) is 0 Å². The fraction of sp³-hybridized carbons (Fsp3) is 0.312. The second-order valence-electron chi connectivity index (χ2n) is 5.21. The van der Waals surface area contributed by atoms with Gasteiger partial charge in [-0.2, -0.15) is 0 Å². The number of aryl methyl sites for hydroxylation is 1. The molecule has 0 aliphatic rings. The van der Waals surface area contributed by atoms with Crippen molar-refractivity contribution in [2.24, 2.45) is 0 Å². The van der Waals surface area contributed by atoms with E-state index in [0.717, 1.165) is 45.7 Å². The molecule has 0 saturated carbocycles. The van der Waals surface area contributed by atoms with E-state index in [0.29, 0.717) is 4.88 Å². The molecule has 120 valence electrons. The molecule has 23 heavy (non-hydrogen) atoms. The maximum atomic E-state index is 12.2. The lowest BCUT2D eigenvalue weighted by Crippen LogP contribution is -2.28. The van der Waals surface area contributed by atoms with Crippen LogP contribution in [0.1, 0.15) is 40.4 Å². The molecule has 3 aromatic rings. The summed E-state index contributed by atoms with van der Waals surface area (Å²) in [7, 11) is 0. The van der Waals surface area contributed by atoms with E-state index in [2.05, 4.69) is 14.9 Å². The van der Waals surface area contributed by atoms with Gasteiger partial charge in [0.25, 0.3) is 5.91 Å². The first-order valence-corrected chi connectivity index (χ1v) is 9.09. The van der Waals surface area contributed by atoms with Gasteiger partial charge in [-0.25, -0.2) is 0 Å². The fourth-order valence-corrected chi connectivity index (χ4v) is 4.05. The third kappa shape index (κ3) is 3.41. The van der Waals surface area contributed by atoms with E-state index in [9.17, 15) is 9.90 Å². The zero-order valence-electron chi connectivity index (χ0n) is 12.7. The first-order valence-electron chi connectivity index (χ1n) is 7.44. The number of fused-ring (bicyclic) bond motifs is 1. The van der Waals surface area contributed by atoms with Crippen LogP contribution in [0.4, 0.5) is 0 Å². The topological polar surface area (TPSA) is 75.1 Å². The molecule has 0 aliphatic carbocycles. The summed E-state index contributed by atoms with van der Waals surface area (Å²) in [5, 5.41) is 20.1. The van der Waals surface area contributed by atoms with Crippen LogP contribution in [-0.4, -0.2) is 27.1 Å². The normalized spacial score (nSPS) is 12.4. The number of hydrogen-bond acceptors (Lipinski definition) is 6. The van der Waals surface area contributed by atoms with E-state index >= 15 is 0 Å². The number of aliphatic hydroxyl groups is 1. The molecule has 2 N–H and O–H groups in total. The van der Waals surface area contributed by atoms with Crippen molar-refractivity contribution in [2.75, 3.05) is 6.54 Å². The molecular weight excluding hydrogens is 330 g/mol. The summed E-state index contributed by atoms with van der Waals surface area (Å²) in [5.74, 6) is -0.220. The van der Waals surface area contributed by atoms with Gasteiger partial charge in [0.1, 0.15) is 4.88 Å². The molecule has 5 nitrogen and oxygen atoms in total. The van der Waals surface area contributed by atoms with E-state index in [-0.39, 0.29) is 12.5 Å². The summed E-state index contributed by atoms with van der Waals surface area (Å²) < 4.78 is 4.98. The van der Waals surface area contributed by atoms with Crippen molar-refractivity contribution >= 4 is 38.9 Å². The van der Waals surface area contributed by atoms with Gasteiger partial charge in [-0.15, -0.1) is 16.4 Å². The van der Waals surface area contributed by atoms with Gasteiger partial charge in [-0.3, -0.25) is 4.79 Å². The lowest BCUT2D eigenvalue weighted by atomic mass is 10.1. The van der Waals surface area contributed by atoms with Crippen LogP contribution in [0.2, 0.25) is 0 Å². The number of carbonyl (C=O) groups is 1. The zero-order chi connectivity index (χ0) is 16.2. The van der Waals surface area contributed by atoms with Crippen LogP contribution in [-0.2, 0) is 6.42 Å². The molecule has 0 saturated heterocycles. The Kier molecular flexibility index (Phi) is 5.00. The lowest BCUT2D eigenvalue weighted by molar-refractivity contribution is 0.0920. The number of thiophene rings is 1. The second kappa shape index (κ2) is 7.16. The highest BCUT2D eigenvalue weighted by atomic mass is 32.1. The Morgan fingerprint density at radius 1 is 1.39 bits per heavy atom. The fourth-order valence-electron chi connectivity index (χ4n) is 2.42. The highest BCUT2D eigenvalue weighted by Crippen LogP contribution is 2.29. The van der Waals surface area contributed by atoms with Gasteiger partial charge in [0, 0.05) is 16.8 Å². The van der Waals surface area contributed by atoms with E-state index in [1.807, 2.05) is 36.6 Å². The van der Waals surface area contributed by atoms with Crippen LogP contribution < -0.4 is 5.32 Å². The zero-order valence-corrected chi connectivity index (χ0v) is 14.3. The van der Waals surface area contributed by atoms with Gasteiger partial charge in [-0.1, -0.05) is 36.0 Å². The van der Waals surface area contributed by atoms with Gasteiger partial charge in [0.15, 0.2) is 0 Å². The monoisotopic (exact) mass is 347 g/mol. The highest BCUT2D eigenvalue weighted by molar-refractivity contribution is 7.17. The smallest absolute Gasteiger partial charge is 0.265 e.